The third-order valence-electron chi connectivity index (χ3n) is 5.36. The van der Waals surface area contributed by atoms with Gasteiger partial charge in [0.05, 0.1) is 23.5 Å². The molecule has 182 valence electrons. The van der Waals surface area contributed by atoms with Crippen LogP contribution in [-0.2, 0) is 0 Å². The van der Waals surface area contributed by atoms with Gasteiger partial charge >= 0.3 is 0 Å². The third-order valence-corrected chi connectivity index (χ3v) is 6.59. The molecule has 9 nitrogen and oxygen atoms in total. The molecule has 0 atom stereocenters. The fourth-order valence-electron chi connectivity index (χ4n) is 3.63. The van der Waals surface area contributed by atoms with Crippen LogP contribution in [0.5, 0.6) is 0 Å². The van der Waals surface area contributed by atoms with Crippen LogP contribution in [0.2, 0.25) is 5.02 Å². The number of aryl methyl sites for hydroxylation is 2. The molecule has 34 heavy (non-hydrogen) atoms. The minimum absolute atomic E-state index is 0. The number of nitrogens with one attached hydrogen (secondary N) is 2. The highest BCUT2D eigenvalue weighted by atomic mass is 35.5. The second-order valence-corrected chi connectivity index (χ2v) is 9.19. The van der Waals surface area contributed by atoms with E-state index in [0.29, 0.717) is 38.9 Å². The predicted octanol–water partition coefficient (Wildman–Crippen LogP) is 3.74. The monoisotopic (exact) mass is 523 g/mol. The molecule has 4 rings (SSSR count). The Labute approximate surface area is 213 Å². The summed E-state index contributed by atoms with van der Waals surface area (Å²) in [5, 5.41) is 16.2. The standard InChI is InChI=1S/C22H26ClN7O2S.ClH/c1-14-4-3-5-16(23)20(14)28-21(32)17-13-24-22(33-17)27-18-12-19(26-15(2)25-18)30-8-6-29(7-9-30)10-11-31;/h3-5,12-13,31H,6-11H2,1-2H3,(H,28,32)(H,24,25,26,27);1H. The van der Waals surface area contributed by atoms with Gasteiger partial charge in [-0.2, -0.15) is 0 Å². The molecule has 3 N–H and O–H groups in total. The molecule has 0 radical (unpaired) electrons. The summed E-state index contributed by atoms with van der Waals surface area (Å²) >= 11 is 7.46. The summed E-state index contributed by atoms with van der Waals surface area (Å²) in [7, 11) is 0. The second kappa shape index (κ2) is 11.8. The van der Waals surface area contributed by atoms with E-state index in [1.807, 2.05) is 32.0 Å². The number of piperazine rings is 1. The van der Waals surface area contributed by atoms with Crippen LogP contribution in [0.3, 0.4) is 0 Å². The number of β-amino-alcohol motifs (C(OH)–C–C–N with tert-alkyl or cyclic N) is 1. The van der Waals surface area contributed by atoms with E-state index in [2.05, 4.69) is 35.4 Å². The van der Waals surface area contributed by atoms with E-state index in [-0.39, 0.29) is 24.9 Å². The van der Waals surface area contributed by atoms with Crippen molar-refractivity contribution in [1.29, 1.82) is 0 Å². The molecule has 0 spiro atoms. The first-order chi connectivity index (χ1) is 15.9. The van der Waals surface area contributed by atoms with E-state index in [9.17, 15) is 4.79 Å². The zero-order chi connectivity index (χ0) is 23.4. The lowest BCUT2D eigenvalue weighted by Gasteiger charge is -2.35. The second-order valence-electron chi connectivity index (χ2n) is 7.75. The zero-order valence-corrected chi connectivity index (χ0v) is 21.3. The summed E-state index contributed by atoms with van der Waals surface area (Å²) in [6, 6.07) is 7.37. The van der Waals surface area contributed by atoms with Crippen LogP contribution in [0.25, 0.3) is 0 Å². The first-order valence-electron chi connectivity index (χ1n) is 10.7. The summed E-state index contributed by atoms with van der Waals surface area (Å²) in [5.74, 6) is 1.85. The van der Waals surface area contributed by atoms with Crippen molar-refractivity contribution >= 4 is 63.7 Å². The Morgan fingerprint density at radius 3 is 2.68 bits per heavy atom. The normalized spacial score (nSPS) is 13.9. The molecule has 1 fully saturated rings. The minimum atomic E-state index is -0.267. The quantitative estimate of drug-likeness (QED) is 0.430. The maximum absolute atomic E-state index is 12.7. The van der Waals surface area contributed by atoms with Gasteiger partial charge in [-0.15, -0.1) is 12.4 Å². The number of thiazole rings is 1. The van der Waals surface area contributed by atoms with Crippen LogP contribution in [-0.4, -0.2) is 70.2 Å². The molecule has 12 heteroatoms. The number of carbonyl (C=O) groups is 1. The smallest absolute Gasteiger partial charge is 0.267 e. The molecule has 1 aliphatic rings. The first kappa shape index (κ1) is 26.1. The van der Waals surface area contributed by atoms with Gasteiger partial charge in [-0.05, 0) is 25.5 Å². The molecule has 3 aromatic rings. The molecule has 0 unspecified atom stereocenters. The largest absolute Gasteiger partial charge is 0.395 e. The topological polar surface area (TPSA) is 107 Å². The fraction of sp³-hybridized carbons (Fsp3) is 0.364. The maximum Gasteiger partial charge on any atom is 0.267 e. The fourth-order valence-corrected chi connectivity index (χ4v) is 4.62. The number of carbonyl (C=O) groups excluding carboxylic acids is 1. The number of benzene rings is 1. The van der Waals surface area contributed by atoms with E-state index in [1.54, 1.807) is 6.07 Å². The highest BCUT2D eigenvalue weighted by Crippen LogP contribution is 2.28. The summed E-state index contributed by atoms with van der Waals surface area (Å²) in [5.41, 5.74) is 1.49. The van der Waals surface area contributed by atoms with Gasteiger partial charge < -0.3 is 20.6 Å². The number of aromatic nitrogens is 3. The van der Waals surface area contributed by atoms with Crippen molar-refractivity contribution in [2.45, 2.75) is 13.8 Å². The van der Waals surface area contributed by atoms with E-state index in [1.165, 1.54) is 17.5 Å². The Morgan fingerprint density at radius 1 is 1.21 bits per heavy atom. The lowest BCUT2D eigenvalue weighted by molar-refractivity contribution is 0.103. The Bertz CT molecular complexity index is 1120. The van der Waals surface area contributed by atoms with Crippen LogP contribution in [0.1, 0.15) is 21.1 Å². The summed E-state index contributed by atoms with van der Waals surface area (Å²) in [4.78, 5) is 31.0. The molecule has 0 saturated carbocycles. The Morgan fingerprint density at radius 2 is 1.97 bits per heavy atom. The molecule has 0 aliphatic carbocycles. The van der Waals surface area contributed by atoms with Crippen molar-refractivity contribution < 1.29 is 9.90 Å². The third kappa shape index (κ3) is 6.34. The highest BCUT2D eigenvalue weighted by molar-refractivity contribution is 7.17. The summed E-state index contributed by atoms with van der Waals surface area (Å²) < 4.78 is 0. The van der Waals surface area contributed by atoms with Gasteiger partial charge in [-0.3, -0.25) is 9.69 Å². The number of halogens is 2. The summed E-state index contributed by atoms with van der Waals surface area (Å²) in [6.07, 6.45) is 1.53. The van der Waals surface area contributed by atoms with Gasteiger partial charge in [-0.1, -0.05) is 35.1 Å². The van der Waals surface area contributed by atoms with E-state index >= 15 is 0 Å². The molecule has 2 aromatic heterocycles. The van der Waals surface area contributed by atoms with Gasteiger partial charge in [0, 0.05) is 38.8 Å². The Kier molecular flexibility index (Phi) is 9.03. The van der Waals surface area contributed by atoms with Crippen molar-refractivity contribution in [1.82, 2.24) is 19.9 Å². The zero-order valence-electron chi connectivity index (χ0n) is 18.9. The molecule has 3 heterocycles. The van der Waals surface area contributed by atoms with Crippen LogP contribution >= 0.6 is 35.3 Å². The lowest BCUT2D eigenvalue weighted by Crippen LogP contribution is -2.47. The van der Waals surface area contributed by atoms with E-state index in [4.69, 9.17) is 16.7 Å². The number of amides is 1. The van der Waals surface area contributed by atoms with Crippen molar-refractivity contribution in [2.24, 2.45) is 0 Å². The lowest BCUT2D eigenvalue weighted by atomic mass is 10.2. The number of rotatable bonds is 7. The number of aliphatic hydroxyl groups is 1. The van der Waals surface area contributed by atoms with Crippen LogP contribution < -0.4 is 15.5 Å². The average Bonchev–Trinajstić information content (AvgIpc) is 3.25. The maximum atomic E-state index is 12.7. The molecule has 1 saturated heterocycles. The van der Waals surface area contributed by atoms with Gasteiger partial charge in [0.15, 0.2) is 5.13 Å². The van der Waals surface area contributed by atoms with Crippen LogP contribution in [0.4, 0.5) is 22.5 Å². The number of anilines is 4. The number of hydrogen-bond acceptors (Lipinski definition) is 9. The number of aliphatic hydroxyl groups excluding tert-OH is 1. The molecule has 0 bridgehead atoms. The average molecular weight is 524 g/mol. The van der Waals surface area contributed by atoms with E-state index in [0.717, 1.165) is 37.6 Å². The minimum Gasteiger partial charge on any atom is -0.395 e. The highest BCUT2D eigenvalue weighted by Gasteiger charge is 2.19. The molecule has 1 aromatic carbocycles. The Balaban J connectivity index is 0.00000324. The first-order valence-corrected chi connectivity index (χ1v) is 11.9. The molecule has 1 amide bonds. The Hall–Kier alpha value is -2.50. The van der Waals surface area contributed by atoms with Crippen molar-refractivity contribution in [3.63, 3.8) is 0 Å². The molecular weight excluding hydrogens is 497 g/mol. The van der Waals surface area contributed by atoms with E-state index < -0.39 is 0 Å². The van der Waals surface area contributed by atoms with Crippen LogP contribution in [0.15, 0.2) is 30.5 Å². The molecule has 1 aliphatic heterocycles. The molecular formula is C22H27Cl2N7O2S. The summed E-state index contributed by atoms with van der Waals surface area (Å²) in [6.45, 7) is 8.03. The van der Waals surface area contributed by atoms with Crippen molar-refractivity contribution in [3.05, 3.63) is 51.7 Å². The van der Waals surface area contributed by atoms with Crippen molar-refractivity contribution in [3.8, 4) is 0 Å². The number of hydrogen-bond donors (Lipinski definition) is 3. The number of para-hydroxylation sites is 1. The van der Waals surface area contributed by atoms with Gasteiger partial charge in [0.25, 0.3) is 5.91 Å². The predicted molar refractivity (Wildman–Crippen MR) is 139 cm³/mol. The van der Waals surface area contributed by atoms with Crippen molar-refractivity contribution in [2.75, 3.05) is 54.9 Å². The SMILES string of the molecule is Cc1nc(Nc2ncc(C(=O)Nc3c(C)cccc3Cl)s2)cc(N2CCN(CCO)CC2)n1.Cl. The number of nitrogens with zero attached hydrogens (tertiary/aromatic N) is 5. The van der Waals surface area contributed by atoms with Gasteiger partial charge in [-0.25, -0.2) is 15.0 Å². The van der Waals surface area contributed by atoms with Gasteiger partial charge in [0.2, 0.25) is 0 Å². The van der Waals surface area contributed by atoms with Crippen LogP contribution in [0, 0.1) is 13.8 Å². The van der Waals surface area contributed by atoms with Gasteiger partial charge in [0.1, 0.15) is 22.3 Å².